The molecule has 2 aromatic heterocycles. The lowest BCUT2D eigenvalue weighted by Crippen LogP contribution is -2.18. The molecule has 3 aromatic rings. The van der Waals surface area contributed by atoms with Crippen molar-refractivity contribution in [2.75, 3.05) is 25.9 Å². The van der Waals surface area contributed by atoms with Gasteiger partial charge in [-0.3, -0.25) is 4.79 Å². The monoisotopic (exact) mass is 356 g/mol. The van der Waals surface area contributed by atoms with Crippen molar-refractivity contribution in [1.82, 2.24) is 19.9 Å². The highest BCUT2D eigenvalue weighted by atomic mass is 16.5. The summed E-state index contributed by atoms with van der Waals surface area (Å²) in [5.41, 5.74) is 13.8. The zero-order valence-corrected chi connectivity index (χ0v) is 14.9. The van der Waals surface area contributed by atoms with Crippen LogP contribution in [0.2, 0.25) is 0 Å². The molecule has 0 amide bonds. The van der Waals surface area contributed by atoms with E-state index in [0.717, 1.165) is 42.4 Å². The fourth-order valence-corrected chi connectivity index (χ4v) is 3.03. The van der Waals surface area contributed by atoms with E-state index in [1.807, 2.05) is 31.3 Å². The number of anilines is 1. The Bertz CT molecular complexity index is 921. The van der Waals surface area contributed by atoms with Crippen molar-refractivity contribution < 1.29 is 9.53 Å². The number of nitrogens with zero attached hydrogens (tertiary/aromatic N) is 3. The third-order valence-corrected chi connectivity index (χ3v) is 4.28. The fraction of sp³-hybridized carbons (Fsp3) is 0.389. The number of esters is 1. The second-order valence-corrected chi connectivity index (χ2v) is 6.07. The number of aromatic nitrogens is 3. The van der Waals surface area contributed by atoms with Crippen LogP contribution in [0.25, 0.3) is 21.9 Å². The Morgan fingerprint density at radius 1 is 1.27 bits per heavy atom. The van der Waals surface area contributed by atoms with Gasteiger partial charge in [-0.1, -0.05) is 18.2 Å². The molecule has 0 fully saturated rings. The van der Waals surface area contributed by atoms with E-state index in [9.17, 15) is 4.79 Å². The van der Waals surface area contributed by atoms with Crippen LogP contribution in [0.4, 0.5) is 5.82 Å². The molecule has 26 heavy (non-hydrogen) atoms. The SMILES string of the molecule is CNCCCCn1c(COC(=O)CN)nc2c(N)nc3ccccc3c21. The Kier molecular flexibility index (Phi) is 5.65. The molecular weight excluding hydrogens is 332 g/mol. The van der Waals surface area contributed by atoms with E-state index in [1.54, 1.807) is 0 Å². The van der Waals surface area contributed by atoms with Crippen LogP contribution in [0.15, 0.2) is 24.3 Å². The molecule has 2 heterocycles. The number of nitrogens with one attached hydrogen (secondary N) is 1. The van der Waals surface area contributed by atoms with Crippen molar-refractivity contribution in [3.8, 4) is 0 Å². The predicted molar refractivity (Wildman–Crippen MR) is 101 cm³/mol. The topological polar surface area (TPSA) is 121 Å². The van der Waals surface area contributed by atoms with E-state index < -0.39 is 5.97 Å². The Morgan fingerprint density at radius 3 is 2.85 bits per heavy atom. The van der Waals surface area contributed by atoms with Crippen molar-refractivity contribution in [3.63, 3.8) is 0 Å². The Hall–Kier alpha value is -2.71. The summed E-state index contributed by atoms with van der Waals surface area (Å²) in [4.78, 5) is 20.5. The van der Waals surface area contributed by atoms with Crippen molar-refractivity contribution in [1.29, 1.82) is 0 Å². The Morgan fingerprint density at radius 2 is 2.08 bits per heavy atom. The molecule has 5 N–H and O–H groups in total. The smallest absolute Gasteiger partial charge is 0.320 e. The number of rotatable bonds is 8. The van der Waals surface area contributed by atoms with Gasteiger partial charge in [-0.25, -0.2) is 9.97 Å². The highest BCUT2D eigenvalue weighted by Crippen LogP contribution is 2.29. The maximum Gasteiger partial charge on any atom is 0.320 e. The number of para-hydroxylation sites is 1. The summed E-state index contributed by atoms with van der Waals surface area (Å²) in [7, 11) is 1.93. The maximum absolute atomic E-state index is 11.5. The number of aryl methyl sites for hydroxylation is 1. The van der Waals surface area contributed by atoms with Gasteiger partial charge in [0.25, 0.3) is 0 Å². The number of pyridine rings is 1. The number of hydrogen-bond donors (Lipinski definition) is 3. The number of fused-ring (bicyclic) bond motifs is 3. The van der Waals surface area contributed by atoms with Gasteiger partial charge in [0.2, 0.25) is 0 Å². The molecule has 138 valence electrons. The lowest BCUT2D eigenvalue weighted by atomic mass is 10.2. The number of ether oxygens (including phenoxy) is 1. The minimum absolute atomic E-state index is 0.0600. The summed E-state index contributed by atoms with van der Waals surface area (Å²) in [5.74, 6) is 0.560. The average molecular weight is 356 g/mol. The van der Waals surface area contributed by atoms with Gasteiger partial charge < -0.3 is 26.1 Å². The van der Waals surface area contributed by atoms with Crippen LogP contribution >= 0.6 is 0 Å². The van der Waals surface area contributed by atoms with Gasteiger partial charge in [-0.15, -0.1) is 0 Å². The number of carbonyl (C=O) groups excluding carboxylic acids is 1. The molecule has 8 heteroatoms. The first-order chi connectivity index (χ1) is 12.7. The van der Waals surface area contributed by atoms with Crippen molar-refractivity contribution in [3.05, 3.63) is 30.1 Å². The first-order valence-electron chi connectivity index (χ1n) is 8.69. The first-order valence-corrected chi connectivity index (χ1v) is 8.69. The lowest BCUT2D eigenvalue weighted by molar-refractivity contribution is -0.143. The van der Waals surface area contributed by atoms with E-state index in [-0.39, 0.29) is 13.2 Å². The standard InChI is InChI=1S/C18H24N6O2/c1-21-8-4-5-9-24-14(11-26-15(25)10-19)23-16-17(24)12-6-2-3-7-13(12)22-18(16)20/h2-3,6-7,21H,4-5,8-11,19H2,1H3,(H2,20,22). The van der Waals surface area contributed by atoms with Crippen LogP contribution in [-0.2, 0) is 22.7 Å². The van der Waals surface area contributed by atoms with Gasteiger partial charge in [-0.05, 0) is 32.5 Å². The van der Waals surface area contributed by atoms with Crippen LogP contribution < -0.4 is 16.8 Å². The van der Waals surface area contributed by atoms with E-state index in [1.165, 1.54) is 0 Å². The summed E-state index contributed by atoms with van der Waals surface area (Å²) in [5, 5.41) is 4.13. The zero-order valence-electron chi connectivity index (χ0n) is 14.9. The van der Waals surface area contributed by atoms with Gasteiger partial charge in [0.15, 0.2) is 5.82 Å². The summed E-state index contributed by atoms with van der Waals surface area (Å²) in [6.07, 6.45) is 1.98. The molecule has 0 saturated heterocycles. The van der Waals surface area contributed by atoms with Gasteiger partial charge in [0, 0.05) is 11.9 Å². The van der Waals surface area contributed by atoms with E-state index in [0.29, 0.717) is 17.2 Å². The highest BCUT2D eigenvalue weighted by Gasteiger charge is 2.18. The molecule has 3 rings (SSSR count). The molecule has 0 bridgehead atoms. The number of nitrogens with two attached hydrogens (primary N) is 2. The summed E-state index contributed by atoms with van der Waals surface area (Å²) < 4.78 is 7.28. The van der Waals surface area contributed by atoms with Crippen LogP contribution in [0, 0.1) is 0 Å². The molecule has 0 radical (unpaired) electrons. The van der Waals surface area contributed by atoms with Crippen molar-refractivity contribution in [2.24, 2.45) is 5.73 Å². The molecule has 1 aromatic carbocycles. The minimum atomic E-state index is -0.463. The number of benzene rings is 1. The molecule has 0 aliphatic rings. The third-order valence-electron chi connectivity index (χ3n) is 4.28. The number of imidazole rings is 1. The third kappa shape index (κ3) is 3.61. The molecular formula is C18H24N6O2. The average Bonchev–Trinajstić information content (AvgIpc) is 3.03. The highest BCUT2D eigenvalue weighted by molar-refractivity contribution is 6.06. The van der Waals surface area contributed by atoms with Crippen LogP contribution in [-0.4, -0.2) is 40.6 Å². The van der Waals surface area contributed by atoms with Crippen molar-refractivity contribution >= 4 is 33.7 Å². The first kappa shape index (κ1) is 18.1. The van der Waals surface area contributed by atoms with Gasteiger partial charge >= 0.3 is 5.97 Å². The van der Waals surface area contributed by atoms with Crippen molar-refractivity contribution in [2.45, 2.75) is 26.0 Å². The minimum Gasteiger partial charge on any atom is -0.457 e. The number of unbranched alkanes of at least 4 members (excludes halogenated alkanes) is 1. The maximum atomic E-state index is 11.5. The summed E-state index contributed by atoms with van der Waals surface area (Å²) in [6, 6.07) is 7.83. The van der Waals surface area contributed by atoms with Crippen LogP contribution in [0.5, 0.6) is 0 Å². The second-order valence-electron chi connectivity index (χ2n) is 6.07. The molecule has 0 unspecified atom stereocenters. The zero-order chi connectivity index (χ0) is 18.5. The Labute approximate surface area is 151 Å². The quantitative estimate of drug-likeness (QED) is 0.409. The number of carbonyl (C=O) groups is 1. The van der Waals surface area contributed by atoms with Gasteiger partial charge in [0.05, 0.1) is 17.6 Å². The normalized spacial score (nSPS) is 11.3. The largest absolute Gasteiger partial charge is 0.457 e. The van der Waals surface area contributed by atoms with Crippen LogP contribution in [0.1, 0.15) is 18.7 Å². The molecule has 0 saturated carbocycles. The molecule has 0 aliphatic heterocycles. The summed E-state index contributed by atoms with van der Waals surface area (Å²) in [6.45, 7) is 1.59. The second kappa shape index (κ2) is 8.11. The van der Waals surface area contributed by atoms with Gasteiger partial charge in [0.1, 0.15) is 17.9 Å². The fourth-order valence-electron chi connectivity index (χ4n) is 3.03. The molecule has 0 spiro atoms. The lowest BCUT2D eigenvalue weighted by Gasteiger charge is -2.11. The van der Waals surface area contributed by atoms with Gasteiger partial charge in [-0.2, -0.15) is 0 Å². The van der Waals surface area contributed by atoms with E-state index >= 15 is 0 Å². The number of nitrogen functional groups attached to an aromatic ring is 1. The Balaban J connectivity index is 2.07. The van der Waals surface area contributed by atoms with E-state index in [4.69, 9.17) is 16.2 Å². The van der Waals surface area contributed by atoms with Crippen LogP contribution in [0.3, 0.4) is 0 Å². The molecule has 8 nitrogen and oxygen atoms in total. The number of hydrogen-bond acceptors (Lipinski definition) is 7. The van der Waals surface area contributed by atoms with E-state index in [2.05, 4.69) is 19.9 Å². The molecule has 0 aliphatic carbocycles. The summed E-state index contributed by atoms with van der Waals surface area (Å²) >= 11 is 0. The predicted octanol–water partition coefficient (Wildman–Crippen LogP) is 1.17. The molecule has 0 atom stereocenters.